The second-order valence-electron chi connectivity index (χ2n) is 2.34. The SMILES string of the molecule is COCc1cc(Br)c(O)c(Br)c1. The maximum Gasteiger partial charge on any atom is 0.143 e. The van der Waals surface area contributed by atoms with Crippen molar-refractivity contribution in [3.8, 4) is 5.75 Å². The summed E-state index contributed by atoms with van der Waals surface area (Å²) in [5, 5.41) is 9.36. The van der Waals surface area contributed by atoms with Crippen molar-refractivity contribution in [2.45, 2.75) is 6.61 Å². The first-order valence-corrected chi connectivity index (χ1v) is 4.89. The standard InChI is InChI=1S/C8H8Br2O2/c1-12-4-5-2-6(9)8(11)7(10)3-5/h2-3,11H,4H2,1H3. The molecule has 0 saturated heterocycles. The van der Waals surface area contributed by atoms with Crippen LogP contribution >= 0.6 is 31.9 Å². The van der Waals surface area contributed by atoms with Crippen LogP contribution in [0.15, 0.2) is 21.1 Å². The van der Waals surface area contributed by atoms with Gasteiger partial charge in [-0.2, -0.15) is 0 Å². The molecule has 1 aromatic rings. The van der Waals surface area contributed by atoms with Gasteiger partial charge in [0.25, 0.3) is 0 Å². The quantitative estimate of drug-likeness (QED) is 0.909. The summed E-state index contributed by atoms with van der Waals surface area (Å²) in [6.45, 7) is 0.539. The highest BCUT2D eigenvalue weighted by atomic mass is 79.9. The van der Waals surface area contributed by atoms with E-state index in [0.29, 0.717) is 15.6 Å². The van der Waals surface area contributed by atoms with E-state index >= 15 is 0 Å². The van der Waals surface area contributed by atoms with Gasteiger partial charge in [-0.15, -0.1) is 0 Å². The Morgan fingerprint density at radius 3 is 2.25 bits per heavy atom. The summed E-state index contributed by atoms with van der Waals surface area (Å²) < 4.78 is 6.30. The van der Waals surface area contributed by atoms with Crippen molar-refractivity contribution in [2.24, 2.45) is 0 Å². The highest BCUT2D eigenvalue weighted by molar-refractivity contribution is 9.11. The molecule has 2 nitrogen and oxygen atoms in total. The highest BCUT2D eigenvalue weighted by Crippen LogP contribution is 2.33. The average molecular weight is 296 g/mol. The second kappa shape index (κ2) is 4.25. The molecule has 0 amide bonds. The predicted molar refractivity (Wildman–Crippen MR) is 54.2 cm³/mol. The first-order valence-electron chi connectivity index (χ1n) is 3.31. The van der Waals surface area contributed by atoms with Gasteiger partial charge < -0.3 is 9.84 Å². The van der Waals surface area contributed by atoms with E-state index in [-0.39, 0.29) is 5.75 Å². The number of halogens is 2. The van der Waals surface area contributed by atoms with Crippen LogP contribution in [0.5, 0.6) is 5.75 Å². The molecule has 0 unspecified atom stereocenters. The Morgan fingerprint density at radius 2 is 1.83 bits per heavy atom. The first kappa shape index (κ1) is 10.0. The van der Waals surface area contributed by atoms with Crippen molar-refractivity contribution in [1.29, 1.82) is 0 Å². The van der Waals surface area contributed by atoms with E-state index in [1.165, 1.54) is 0 Å². The van der Waals surface area contributed by atoms with Crippen LogP contribution in [0, 0.1) is 0 Å². The predicted octanol–water partition coefficient (Wildman–Crippen LogP) is 3.06. The number of hydrogen-bond donors (Lipinski definition) is 1. The largest absolute Gasteiger partial charge is 0.506 e. The van der Waals surface area contributed by atoms with E-state index in [1.807, 2.05) is 12.1 Å². The molecule has 0 aliphatic rings. The van der Waals surface area contributed by atoms with Gasteiger partial charge >= 0.3 is 0 Å². The van der Waals surface area contributed by atoms with Crippen molar-refractivity contribution < 1.29 is 9.84 Å². The first-order chi connectivity index (χ1) is 5.65. The summed E-state index contributed by atoms with van der Waals surface area (Å²) >= 11 is 6.46. The van der Waals surface area contributed by atoms with Crippen LogP contribution in [0.25, 0.3) is 0 Å². The van der Waals surface area contributed by atoms with Gasteiger partial charge in [0.15, 0.2) is 0 Å². The molecule has 1 N–H and O–H groups in total. The number of phenolic OH excluding ortho intramolecular Hbond substituents is 1. The molecule has 1 rings (SSSR count). The number of methoxy groups -OCH3 is 1. The number of rotatable bonds is 2. The molecule has 0 aromatic heterocycles. The van der Waals surface area contributed by atoms with E-state index in [9.17, 15) is 5.11 Å². The second-order valence-corrected chi connectivity index (χ2v) is 4.05. The minimum atomic E-state index is 0.217. The molecule has 12 heavy (non-hydrogen) atoms. The third-order valence-corrected chi connectivity index (χ3v) is 2.60. The normalized spacial score (nSPS) is 10.2. The average Bonchev–Trinajstić information content (AvgIpc) is 2.01. The molecule has 0 aliphatic carbocycles. The van der Waals surface area contributed by atoms with Crippen LogP contribution in [-0.2, 0) is 11.3 Å². The molecule has 4 heteroatoms. The van der Waals surface area contributed by atoms with Gasteiger partial charge in [0.2, 0.25) is 0 Å². The van der Waals surface area contributed by atoms with E-state index < -0.39 is 0 Å². The Bertz CT molecular complexity index is 263. The lowest BCUT2D eigenvalue weighted by molar-refractivity contribution is 0.184. The molecule has 0 bridgehead atoms. The zero-order valence-electron chi connectivity index (χ0n) is 6.47. The van der Waals surface area contributed by atoms with Gasteiger partial charge in [-0.25, -0.2) is 0 Å². The van der Waals surface area contributed by atoms with Crippen LogP contribution in [0.4, 0.5) is 0 Å². The Morgan fingerprint density at radius 1 is 1.33 bits per heavy atom. The Labute approximate surface area is 87.8 Å². The number of ether oxygens (including phenoxy) is 1. The van der Waals surface area contributed by atoms with Gasteiger partial charge in [0, 0.05) is 7.11 Å². The molecule has 0 fully saturated rings. The Balaban J connectivity index is 3.04. The zero-order valence-corrected chi connectivity index (χ0v) is 9.65. The summed E-state index contributed by atoms with van der Waals surface area (Å²) in [5.41, 5.74) is 1.01. The third kappa shape index (κ3) is 2.21. The van der Waals surface area contributed by atoms with Crippen LogP contribution < -0.4 is 0 Å². The molecule has 0 saturated carbocycles. The maximum absolute atomic E-state index is 9.36. The van der Waals surface area contributed by atoms with Crippen molar-refractivity contribution in [2.75, 3.05) is 7.11 Å². The maximum atomic E-state index is 9.36. The number of phenols is 1. The molecule has 1 aromatic carbocycles. The zero-order chi connectivity index (χ0) is 9.14. The smallest absolute Gasteiger partial charge is 0.143 e. The molecule has 66 valence electrons. The van der Waals surface area contributed by atoms with Gasteiger partial charge in [-0.3, -0.25) is 0 Å². The lowest BCUT2D eigenvalue weighted by Gasteiger charge is -2.04. The number of hydrogen-bond acceptors (Lipinski definition) is 2. The molecule has 0 radical (unpaired) electrons. The lowest BCUT2D eigenvalue weighted by Crippen LogP contribution is -1.87. The molecule has 0 heterocycles. The molecular formula is C8H8Br2O2. The summed E-state index contributed by atoms with van der Waals surface area (Å²) in [7, 11) is 1.63. The monoisotopic (exact) mass is 294 g/mol. The third-order valence-electron chi connectivity index (χ3n) is 1.39. The number of aromatic hydroxyl groups is 1. The highest BCUT2D eigenvalue weighted by Gasteiger charge is 2.04. The Hall–Kier alpha value is -0.0600. The van der Waals surface area contributed by atoms with Crippen molar-refractivity contribution in [3.05, 3.63) is 26.6 Å². The van der Waals surface area contributed by atoms with Gasteiger partial charge in [-0.1, -0.05) is 0 Å². The molecular weight excluding hydrogens is 288 g/mol. The Kier molecular flexibility index (Phi) is 3.55. The van der Waals surface area contributed by atoms with E-state index in [1.54, 1.807) is 7.11 Å². The fourth-order valence-electron chi connectivity index (χ4n) is 0.868. The van der Waals surface area contributed by atoms with Gasteiger partial charge in [-0.05, 0) is 49.6 Å². The fraction of sp³-hybridized carbons (Fsp3) is 0.250. The fourth-order valence-corrected chi connectivity index (χ4v) is 2.15. The topological polar surface area (TPSA) is 29.5 Å². The lowest BCUT2D eigenvalue weighted by atomic mass is 10.2. The van der Waals surface area contributed by atoms with Gasteiger partial charge in [0.1, 0.15) is 5.75 Å². The van der Waals surface area contributed by atoms with E-state index in [2.05, 4.69) is 31.9 Å². The van der Waals surface area contributed by atoms with Crippen LogP contribution in [0.2, 0.25) is 0 Å². The summed E-state index contributed by atoms with van der Waals surface area (Å²) in [4.78, 5) is 0. The minimum absolute atomic E-state index is 0.217. The summed E-state index contributed by atoms with van der Waals surface area (Å²) in [6, 6.07) is 3.65. The summed E-state index contributed by atoms with van der Waals surface area (Å²) in [6.07, 6.45) is 0. The van der Waals surface area contributed by atoms with Crippen LogP contribution in [-0.4, -0.2) is 12.2 Å². The van der Waals surface area contributed by atoms with Crippen molar-refractivity contribution in [3.63, 3.8) is 0 Å². The molecule has 0 spiro atoms. The molecule has 0 aliphatic heterocycles. The van der Waals surface area contributed by atoms with Crippen molar-refractivity contribution >= 4 is 31.9 Å². The van der Waals surface area contributed by atoms with Crippen LogP contribution in [0.3, 0.4) is 0 Å². The molecule has 0 atom stereocenters. The van der Waals surface area contributed by atoms with Gasteiger partial charge in [0.05, 0.1) is 15.6 Å². The van der Waals surface area contributed by atoms with E-state index in [0.717, 1.165) is 5.56 Å². The minimum Gasteiger partial charge on any atom is -0.506 e. The van der Waals surface area contributed by atoms with Crippen LogP contribution in [0.1, 0.15) is 5.56 Å². The number of benzene rings is 1. The van der Waals surface area contributed by atoms with Crippen molar-refractivity contribution in [1.82, 2.24) is 0 Å². The van der Waals surface area contributed by atoms with E-state index in [4.69, 9.17) is 4.74 Å². The summed E-state index contributed by atoms with van der Waals surface area (Å²) in [5.74, 6) is 0.217.